The van der Waals surface area contributed by atoms with Crippen molar-refractivity contribution in [1.82, 2.24) is 0 Å². The third kappa shape index (κ3) is 2.18. The Morgan fingerprint density at radius 1 is 1.14 bits per heavy atom. The van der Waals surface area contributed by atoms with Crippen molar-refractivity contribution in [3.05, 3.63) is 51.2 Å². The molecule has 0 saturated heterocycles. The minimum atomic E-state index is -0.266. The number of benzene rings is 1. The van der Waals surface area contributed by atoms with E-state index >= 15 is 0 Å². The van der Waals surface area contributed by atoms with Crippen LogP contribution in [0.3, 0.4) is 0 Å². The van der Waals surface area contributed by atoms with E-state index in [1.165, 1.54) is 11.3 Å². The summed E-state index contributed by atoms with van der Waals surface area (Å²) >= 11 is 1.17. The first-order valence-electron chi connectivity index (χ1n) is 6.43. The van der Waals surface area contributed by atoms with Gasteiger partial charge in [-0.2, -0.15) is 0 Å². The highest BCUT2D eigenvalue weighted by Crippen LogP contribution is 2.36. The lowest BCUT2D eigenvalue weighted by molar-refractivity contribution is -0.116. The maximum absolute atomic E-state index is 12.6. The molecule has 3 N–H and O–H groups in total. The van der Waals surface area contributed by atoms with E-state index in [2.05, 4.69) is 5.32 Å². The zero-order chi connectivity index (χ0) is 15.0. The molecule has 1 amide bonds. The molecule has 3 rings (SSSR count). The van der Waals surface area contributed by atoms with Gasteiger partial charge in [-0.15, -0.1) is 11.3 Å². The fourth-order valence-corrected chi connectivity index (χ4v) is 3.27. The van der Waals surface area contributed by atoms with Crippen LogP contribution in [0.5, 0.6) is 0 Å². The van der Waals surface area contributed by atoms with Gasteiger partial charge in [0, 0.05) is 29.5 Å². The van der Waals surface area contributed by atoms with Gasteiger partial charge < -0.3 is 11.1 Å². The number of fused-ring (bicyclic) bond motifs is 2. The number of anilines is 1. The fraction of sp³-hybridized carbons (Fsp3) is 0.133. The van der Waals surface area contributed by atoms with Crippen LogP contribution >= 0.6 is 11.3 Å². The van der Waals surface area contributed by atoms with Gasteiger partial charge >= 0.3 is 0 Å². The highest BCUT2D eigenvalue weighted by atomic mass is 32.1. The van der Waals surface area contributed by atoms with Gasteiger partial charge in [0.15, 0.2) is 5.78 Å². The summed E-state index contributed by atoms with van der Waals surface area (Å²) < 4.78 is 0. The molecule has 1 aliphatic carbocycles. The quantitative estimate of drug-likeness (QED) is 0.772. The molecular weight excluding hydrogens is 288 g/mol. The van der Waals surface area contributed by atoms with Gasteiger partial charge in [0.1, 0.15) is 0 Å². The first-order valence-corrected chi connectivity index (χ1v) is 7.31. The Bertz CT molecular complexity index is 764. The van der Waals surface area contributed by atoms with Gasteiger partial charge in [0.05, 0.1) is 16.1 Å². The zero-order valence-electron chi connectivity index (χ0n) is 11.0. The second-order valence-electron chi connectivity index (χ2n) is 4.64. The lowest BCUT2D eigenvalue weighted by atomic mass is 9.88. The van der Waals surface area contributed by atoms with Gasteiger partial charge in [-0.3, -0.25) is 14.4 Å². The predicted octanol–water partition coefficient (Wildman–Crippen LogP) is 1.81. The number of rotatable bonds is 3. The second-order valence-corrected chi connectivity index (χ2v) is 5.52. The summed E-state index contributed by atoms with van der Waals surface area (Å²) in [5, 5.41) is 4.28. The summed E-state index contributed by atoms with van der Waals surface area (Å²) in [6.45, 7) is 0.230. The van der Waals surface area contributed by atoms with Crippen molar-refractivity contribution in [3.63, 3.8) is 0 Å². The van der Waals surface area contributed by atoms with Gasteiger partial charge in [-0.05, 0) is 0 Å². The monoisotopic (exact) mass is 300 g/mol. The van der Waals surface area contributed by atoms with Crippen LogP contribution in [0, 0.1) is 0 Å². The smallest absolute Gasteiger partial charge is 0.225 e. The summed E-state index contributed by atoms with van der Waals surface area (Å²) in [6, 6.07) is 6.72. The minimum absolute atomic E-state index is 0.170. The van der Waals surface area contributed by atoms with E-state index < -0.39 is 0 Å². The third-order valence-electron chi connectivity index (χ3n) is 3.29. The van der Waals surface area contributed by atoms with Crippen LogP contribution in [0.2, 0.25) is 0 Å². The normalized spacial score (nSPS) is 12.8. The molecule has 2 aromatic rings. The Balaban J connectivity index is 2.05. The Labute approximate surface area is 124 Å². The van der Waals surface area contributed by atoms with Crippen molar-refractivity contribution in [2.45, 2.75) is 6.42 Å². The number of hydrogen-bond donors (Lipinski definition) is 2. The molecule has 1 aliphatic rings. The predicted molar refractivity (Wildman–Crippen MR) is 79.9 cm³/mol. The Hall–Kier alpha value is -2.31. The second kappa shape index (κ2) is 5.23. The summed E-state index contributed by atoms with van der Waals surface area (Å²) in [4.78, 5) is 37.0. The molecule has 0 bridgehead atoms. The molecule has 6 heteroatoms. The lowest BCUT2D eigenvalue weighted by Gasteiger charge is -2.15. The molecular formula is C15H12N2O3S. The molecule has 0 saturated carbocycles. The van der Waals surface area contributed by atoms with E-state index in [-0.39, 0.29) is 36.0 Å². The van der Waals surface area contributed by atoms with E-state index in [4.69, 9.17) is 5.73 Å². The summed E-state index contributed by atoms with van der Waals surface area (Å²) in [5.74, 6) is -0.675. The first kappa shape index (κ1) is 13.7. The van der Waals surface area contributed by atoms with Crippen molar-refractivity contribution >= 4 is 34.5 Å². The van der Waals surface area contributed by atoms with Crippen molar-refractivity contribution in [1.29, 1.82) is 0 Å². The van der Waals surface area contributed by atoms with E-state index in [1.54, 1.807) is 29.6 Å². The van der Waals surface area contributed by atoms with E-state index in [0.717, 1.165) is 0 Å². The SMILES string of the molecule is NCCC(=O)Nc1csc2c1C(=O)c1ccccc1C2=O. The van der Waals surface area contributed by atoms with Crippen molar-refractivity contribution in [2.24, 2.45) is 5.73 Å². The molecule has 106 valence electrons. The molecule has 1 heterocycles. The highest BCUT2D eigenvalue weighted by Gasteiger charge is 2.33. The molecule has 0 atom stereocenters. The molecule has 1 aromatic carbocycles. The molecule has 0 fully saturated rings. The number of thiophene rings is 1. The highest BCUT2D eigenvalue weighted by molar-refractivity contribution is 7.13. The molecule has 0 aliphatic heterocycles. The zero-order valence-corrected chi connectivity index (χ0v) is 11.8. The number of carbonyl (C=O) groups excluding carboxylic acids is 3. The maximum atomic E-state index is 12.6. The van der Waals surface area contributed by atoms with Crippen LogP contribution in [-0.2, 0) is 4.79 Å². The number of amides is 1. The summed E-state index contributed by atoms with van der Waals surface area (Å²) in [5.41, 5.74) is 6.80. The largest absolute Gasteiger partial charge is 0.330 e. The van der Waals surface area contributed by atoms with Crippen molar-refractivity contribution in [2.75, 3.05) is 11.9 Å². The van der Waals surface area contributed by atoms with Crippen molar-refractivity contribution in [3.8, 4) is 0 Å². The first-order chi connectivity index (χ1) is 10.1. The Kier molecular flexibility index (Phi) is 3.40. The molecule has 5 nitrogen and oxygen atoms in total. The summed E-state index contributed by atoms with van der Waals surface area (Å²) in [6.07, 6.45) is 0.170. The van der Waals surface area contributed by atoms with Crippen LogP contribution in [0.15, 0.2) is 29.6 Å². The standard InChI is InChI=1S/C15H12N2O3S/c16-6-5-11(18)17-10-7-21-15-12(10)13(19)8-3-1-2-4-9(8)14(15)20/h1-4,7H,5-6,16H2,(H,17,18). The Morgan fingerprint density at radius 2 is 1.81 bits per heavy atom. The molecule has 0 spiro atoms. The third-order valence-corrected chi connectivity index (χ3v) is 4.26. The lowest BCUT2D eigenvalue weighted by Crippen LogP contribution is -2.22. The average molecular weight is 300 g/mol. The van der Waals surface area contributed by atoms with Gasteiger partial charge in [-0.25, -0.2) is 0 Å². The van der Waals surface area contributed by atoms with Gasteiger partial charge in [0.25, 0.3) is 0 Å². The summed E-state index contributed by atoms with van der Waals surface area (Å²) in [7, 11) is 0. The molecule has 0 unspecified atom stereocenters. The topological polar surface area (TPSA) is 89.3 Å². The van der Waals surface area contributed by atoms with Gasteiger partial charge in [0.2, 0.25) is 11.7 Å². The van der Waals surface area contributed by atoms with Crippen LogP contribution in [-0.4, -0.2) is 24.0 Å². The number of hydrogen-bond acceptors (Lipinski definition) is 5. The van der Waals surface area contributed by atoms with Gasteiger partial charge in [-0.1, -0.05) is 24.3 Å². The number of ketones is 2. The van der Waals surface area contributed by atoms with Crippen LogP contribution in [0.4, 0.5) is 5.69 Å². The molecule has 1 aromatic heterocycles. The van der Waals surface area contributed by atoms with Crippen LogP contribution in [0.1, 0.15) is 37.6 Å². The van der Waals surface area contributed by atoms with Crippen LogP contribution < -0.4 is 11.1 Å². The number of nitrogens with two attached hydrogens (primary N) is 1. The Morgan fingerprint density at radius 3 is 2.48 bits per heavy atom. The van der Waals surface area contributed by atoms with Crippen LogP contribution in [0.25, 0.3) is 0 Å². The maximum Gasteiger partial charge on any atom is 0.225 e. The van der Waals surface area contributed by atoms with Crippen molar-refractivity contribution < 1.29 is 14.4 Å². The van der Waals surface area contributed by atoms with E-state index in [0.29, 0.717) is 21.7 Å². The molecule has 0 radical (unpaired) electrons. The number of carbonyl (C=O) groups is 3. The van der Waals surface area contributed by atoms with E-state index in [1.807, 2.05) is 0 Å². The van der Waals surface area contributed by atoms with E-state index in [9.17, 15) is 14.4 Å². The minimum Gasteiger partial charge on any atom is -0.330 e. The molecule has 21 heavy (non-hydrogen) atoms. The average Bonchev–Trinajstić information content (AvgIpc) is 2.89. The fourth-order valence-electron chi connectivity index (χ4n) is 2.32. The number of nitrogens with one attached hydrogen (secondary N) is 1.